The normalized spacial score (nSPS) is 19.2. The van der Waals surface area contributed by atoms with Crippen molar-refractivity contribution in [2.24, 2.45) is 5.41 Å². The zero-order chi connectivity index (χ0) is 20.3. The highest BCUT2D eigenvalue weighted by atomic mass is 16.5. The van der Waals surface area contributed by atoms with Gasteiger partial charge in [-0.15, -0.1) is 6.58 Å². The Balaban J connectivity index is 2.07. The molecule has 0 spiro atoms. The summed E-state index contributed by atoms with van der Waals surface area (Å²) in [6.45, 7) is 15.0. The van der Waals surface area contributed by atoms with Gasteiger partial charge in [-0.25, -0.2) is 0 Å². The number of hydrogen-bond donors (Lipinski definition) is 1. The second kappa shape index (κ2) is 6.16. The second-order valence-corrected chi connectivity index (χ2v) is 8.98. The maximum Gasteiger partial charge on any atom is 0.133 e. The molecule has 2 heterocycles. The SMILES string of the molecule is C=CC(C)(C)C1Oc2cccc(OC)c2-c2ccc3c(c21)C(C)=CC(C)(C)N3. The van der Waals surface area contributed by atoms with Crippen molar-refractivity contribution in [1.29, 1.82) is 0 Å². The standard InChI is InChI=1S/C25H29NO2/c1-8-24(3,4)23-22-16(21-18(27-7)10-9-11-19(21)28-23)12-13-17-20(22)15(2)14-25(5,6)26-17/h8-14,23,26H,1H2,2-7H3. The number of hydrogen-bond acceptors (Lipinski definition) is 3. The van der Waals surface area contributed by atoms with E-state index in [1.54, 1.807) is 7.11 Å². The summed E-state index contributed by atoms with van der Waals surface area (Å²) in [7, 11) is 1.71. The van der Waals surface area contributed by atoms with Crippen LogP contribution in [0.1, 0.15) is 51.8 Å². The summed E-state index contributed by atoms with van der Waals surface area (Å²) in [5, 5.41) is 3.67. The molecule has 0 aliphatic carbocycles. The van der Waals surface area contributed by atoms with Crippen LogP contribution in [-0.4, -0.2) is 12.6 Å². The van der Waals surface area contributed by atoms with Gasteiger partial charge < -0.3 is 14.8 Å². The van der Waals surface area contributed by atoms with E-state index < -0.39 is 0 Å². The fourth-order valence-corrected chi connectivity index (χ4v) is 4.50. The van der Waals surface area contributed by atoms with Crippen LogP contribution in [0.5, 0.6) is 11.5 Å². The number of benzene rings is 2. The van der Waals surface area contributed by atoms with E-state index in [0.29, 0.717) is 0 Å². The van der Waals surface area contributed by atoms with Crippen molar-refractivity contribution in [3.05, 3.63) is 60.2 Å². The summed E-state index contributed by atoms with van der Waals surface area (Å²) in [5.74, 6) is 1.69. The van der Waals surface area contributed by atoms with Crippen LogP contribution in [0.4, 0.5) is 5.69 Å². The lowest BCUT2D eigenvalue weighted by Crippen LogP contribution is -2.34. The van der Waals surface area contributed by atoms with Gasteiger partial charge in [0, 0.05) is 22.2 Å². The Labute approximate surface area is 168 Å². The molecular weight excluding hydrogens is 346 g/mol. The van der Waals surface area contributed by atoms with Gasteiger partial charge in [0.1, 0.15) is 17.6 Å². The van der Waals surface area contributed by atoms with Gasteiger partial charge in [-0.1, -0.05) is 38.1 Å². The van der Waals surface area contributed by atoms with Crippen LogP contribution in [0.25, 0.3) is 16.7 Å². The second-order valence-electron chi connectivity index (χ2n) is 8.98. The van der Waals surface area contributed by atoms with Crippen molar-refractivity contribution in [1.82, 2.24) is 0 Å². The van der Waals surface area contributed by atoms with E-state index in [4.69, 9.17) is 9.47 Å². The Kier molecular flexibility index (Phi) is 4.11. The van der Waals surface area contributed by atoms with Crippen molar-refractivity contribution in [2.75, 3.05) is 12.4 Å². The zero-order valence-electron chi connectivity index (χ0n) is 17.6. The molecule has 2 aliphatic heterocycles. The first-order valence-corrected chi connectivity index (χ1v) is 9.81. The first kappa shape index (κ1) is 18.7. The quantitative estimate of drug-likeness (QED) is 0.612. The lowest BCUT2D eigenvalue weighted by atomic mass is 9.74. The van der Waals surface area contributed by atoms with Crippen LogP contribution in [0.3, 0.4) is 0 Å². The van der Waals surface area contributed by atoms with Crippen LogP contribution in [0.15, 0.2) is 49.1 Å². The van der Waals surface area contributed by atoms with Gasteiger partial charge in [-0.3, -0.25) is 0 Å². The first-order valence-electron chi connectivity index (χ1n) is 9.81. The molecule has 0 saturated carbocycles. The molecule has 0 aromatic heterocycles. The van der Waals surface area contributed by atoms with Gasteiger partial charge in [-0.05, 0) is 50.1 Å². The predicted molar refractivity (Wildman–Crippen MR) is 117 cm³/mol. The van der Waals surface area contributed by atoms with Crippen LogP contribution < -0.4 is 14.8 Å². The number of rotatable bonds is 3. The lowest BCUT2D eigenvalue weighted by molar-refractivity contribution is 0.104. The topological polar surface area (TPSA) is 30.5 Å². The first-order chi connectivity index (χ1) is 13.2. The van der Waals surface area contributed by atoms with E-state index in [1.165, 1.54) is 22.3 Å². The molecule has 2 aromatic rings. The van der Waals surface area contributed by atoms with Crippen molar-refractivity contribution < 1.29 is 9.47 Å². The monoisotopic (exact) mass is 375 g/mol. The van der Waals surface area contributed by atoms with Crippen molar-refractivity contribution in [3.8, 4) is 22.6 Å². The molecule has 1 unspecified atom stereocenters. The Morgan fingerprint density at radius 1 is 1.18 bits per heavy atom. The number of fused-ring (bicyclic) bond motifs is 5. The summed E-state index contributed by atoms with van der Waals surface area (Å²) in [6, 6.07) is 10.4. The van der Waals surface area contributed by atoms with Gasteiger partial charge in [-0.2, -0.15) is 0 Å². The third kappa shape index (κ3) is 2.72. The van der Waals surface area contributed by atoms with Crippen molar-refractivity contribution in [2.45, 2.75) is 46.3 Å². The van der Waals surface area contributed by atoms with Crippen molar-refractivity contribution >= 4 is 11.3 Å². The van der Waals surface area contributed by atoms with Crippen LogP contribution in [0.2, 0.25) is 0 Å². The largest absolute Gasteiger partial charge is 0.496 e. The average molecular weight is 376 g/mol. The fraction of sp³-hybridized carbons (Fsp3) is 0.360. The Morgan fingerprint density at radius 3 is 2.61 bits per heavy atom. The third-order valence-electron chi connectivity index (χ3n) is 5.86. The number of methoxy groups -OCH3 is 1. The number of nitrogens with one attached hydrogen (secondary N) is 1. The van der Waals surface area contributed by atoms with Gasteiger partial charge in [0.2, 0.25) is 0 Å². The molecule has 0 radical (unpaired) electrons. The molecule has 1 N–H and O–H groups in total. The van der Waals surface area contributed by atoms with Crippen LogP contribution in [-0.2, 0) is 0 Å². The Bertz CT molecular complexity index is 998. The van der Waals surface area contributed by atoms with Crippen molar-refractivity contribution in [3.63, 3.8) is 0 Å². The molecule has 0 bridgehead atoms. The van der Waals surface area contributed by atoms with Gasteiger partial charge in [0.15, 0.2) is 0 Å². The summed E-state index contributed by atoms with van der Waals surface area (Å²) in [4.78, 5) is 0. The van der Waals surface area contributed by atoms with E-state index in [2.05, 4.69) is 64.7 Å². The summed E-state index contributed by atoms with van der Waals surface area (Å²) < 4.78 is 12.3. The minimum atomic E-state index is -0.238. The summed E-state index contributed by atoms with van der Waals surface area (Å²) in [6.07, 6.45) is 4.15. The zero-order valence-corrected chi connectivity index (χ0v) is 17.6. The number of allylic oxidation sites excluding steroid dienone is 1. The highest BCUT2D eigenvalue weighted by Crippen LogP contribution is 2.55. The maximum absolute atomic E-state index is 6.62. The molecule has 0 fully saturated rings. The molecule has 2 aromatic carbocycles. The summed E-state index contributed by atoms with van der Waals surface area (Å²) >= 11 is 0. The van der Waals surface area contributed by atoms with Gasteiger partial charge in [0.05, 0.1) is 18.2 Å². The Morgan fingerprint density at radius 2 is 1.93 bits per heavy atom. The van der Waals surface area contributed by atoms with E-state index in [9.17, 15) is 0 Å². The van der Waals surface area contributed by atoms with E-state index in [0.717, 1.165) is 22.7 Å². The van der Waals surface area contributed by atoms with Gasteiger partial charge >= 0.3 is 0 Å². The van der Waals surface area contributed by atoms with E-state index >= 15 is 0 Å². The minimum Gasteiger partial charge on any atom is -0.496 e. The fourth-order valence-electron chi connectivity index (χ4n) is 4.50. The molecule has 2 aliphatic rings. The summed E-state index contributed by atoms with van der Waals surface area (Å²) in [5.41, 5.74) is 6.73. The molecular formula is C25H29NO2. The molecule has 0 amide bonds. The van der Waals surface area contributed by atoms with Crippen LogP contribution in [0, 0.1) is 5.41 Å². The molecule has 0 saturated heterocycles. The van der Waals surface area contributed by atoms with E-state index in [1.807, 2.05) is 24.3 Å². The maximum atomic E-state index is 6.62. The molecule has 28 heavy (non-hydrogen) atoms. The number of ether oxygens (including phenoxy) is 2. The smallest absolute Gasteiger partial charge is 0.133 e. The predicted octanol–water partition coefficient (Wildman–Crippen LogP) is 6.62. The molecule has 4 rings (SSSR count). The van der Waals surface area contributed by atoms with Crippen LogP contribution >= 0.6 is 0 Å². The molecule has 146 valence electrons. The highest BCUT2D eigenvalue weighted by Gasteiger charge is 2.40. The molecule has 3 heteroatoms. The lowest BCUT2D eigenvalue weighted by Gasteiger charge is -2.41. The number of anilines is 1. The Hall–Kier alpha value is -2.68. The van der Waals surface area contributed by atoms with E-state index in [-0.39, 0.29) is 17.1 Å². The molecule has 1 atom stereocenters. The minimum absolute atomic E-state index is 0.0834. The highest BCUT2D eigenvalue weighted by molar-refractivity contribution is 5.91. The van der Waals surface area contributed by atoms with Gasteiger partial charge in [0.25, 0.3) is 0 Å². The molecule has 3 nitrogen and oxygen atoms in total. The average Bonchev–Trinajstić information content (AvgIpc) is 2.64. The third-order valence-corrected chi connectivity index (χ3v) is 5.86.